The van der Waals surface area contributed by atoms with Crippen molar-refractivity contribution in [1.29, 1.82) is 0 Å². The third-order valence-corrected chi connectivity index (χ3v) is 6.64. The van der Waals surface area contributed by atoms with Gasteiger partial charge in [-0.05, 0) is 47.2 Å². The Morgan fingerprint density at radius 1 is 1.12 bits per heavy atom. The molecule has 1 atom stereocenters. The summed E-state index contributed by atoms with van der Waals surface area (Å²) in [6, 6.07) is 8.66. The van der Waals surface area contributed by atoms with Crippen LogP contribution in [0, 0.1) is 0 Å². The van der Waals surface area contributed by atoms with Crippen LogP contribution in [0.1, 0.15) is 17.8 Å². The maximum atomic E-state index is 12.7. The van der Waals surface area contributed by atoms with Gasteiger partial charge in [0.05, 0.1) is 17.4 Å². The van der Waals surface area contributed by atoms with Crippen molar-refractivity contribution in [1.82, 2.24) is 24.9 Å². The van der Waals surface area contributed by atoms with Gasteiger partial charge < -0.3 is 10.8 Å². The molecular formula is C19H18Cl2N6O5S. The second-order valence-electron chi connectivity index (χ2n) is 6.92. The number of nitrogens with zero attached hydrogens (tertiary/aromatic N) is 4. The number of halogens is 2. The van der Waals surface area contributed by atoms with Gasteiger partial charge in [0.2, 0.25) is 10.0 Å². The van der Waals surface area contributed by atoms with Gasteiger partial charge in [0, 0.05) is 22.2 Å². The average molecular weight is 513 g/mol. The van der Waals surface area contributed by atoms with Crippen molar-refractivity contribution in [3.8, 4) is 0 Å². The first kappa shape index (κ1) is 24.6. The minimum absolute atomic E-state index is 0.148. The molecule has 3 rings (SSSR count). The number of nitrogens with one attached hydrogen (secondary N) is 1. The van der Waals surface area contributed by atoms with Crippen LogP contribution >= 0.6 is 23.2 Å². The fourth-order valence-corrected chi connectivity index (χ4v) is 4.57. The number of sulfonamides is 1. The number of hydrogen-bond acceptors (Lipinski definition) is 8. The lowest BCUT2D eigenvalue weighted by molar-refractivity contribution is -0.139. The zero-order chi connectivity index (χ0) is 24.2. The van der Waals surface area contributed by atoms with Crippen molar-refractivity contribution >= 4 is 50.7 Å². The Hall–Kier alpha value is -3.06. The highest BCUT2D eigenvalue weighted by atomic mass is 35.5. The van der Waals surface area contributed by atoms with Gasteiger partial charge in [-0.15, -0.1) is 10.2 Å². The molecule has 3 aromatic rings. The molecule has 0 fully saturated rings. The average Bonchev–Trinajstić information content (AvgIpc) is 3.17. The number of tetrazole rings is 1. The number of nitrogen functional groups attached to an aromatic ring is 1. The van der Waals surface area contributed by atoms with E-state index >= 15 is 0 Å². The van der Waals surface area contributed by atoms with E-state index in [0.29, 0.717) is 21.3 Å². The lowest BCUT2D eigenvalue weighted by Gasteiger charge is -2.16. The van der Waals surface area contributed by atoms with E-state index in [1.165, 1.54) is 24.3 Å². The monoisotopic (exact) mass is 512 g/mol. The summed E-state index contributed by atoms with van der Waals surface area (Å²) in [4.78, 5) is 24.7. The Labute approximate surface area is 198 Å². The highest BCUT2D eigenvalue weighted by molar-refractivity contribution is 7.89. The predicted molar refractivity (Wildman–Crippen MR) is 119 cm³/mol. The molecule has 33 heavy (non-hydrogen) atoms. The largest absolute Gasteiger partial charge is 0.481 e. The Balaban J connectivity index is 1.74. The van der Waals surface area contributed by atoms with E-state index in [1.54, 1.807) is 18.2 Å². The number of ketones is 1. The van der Waals surface area contributed by atoms with Crippen molar-refractivity contribution in [2.45, 2.75) is 30.3 Å². The van der Waals surface area contributed by atoms with Gasteiger partial charge in [-0.2, -0.15) is 9.52 Å². The van der Waals surface area contributed by atoms with Gasteiger partial charge in [0.15, 0.2) is 11.6 Å². The molecule has 0 amide bonds. The molecule has 0 bridgehead atoms. The molecule has 0 saturated carbocycles. The van der Waals surface area contributed by atoms with Gasteiger partial charge in [0.1, 0.15) is 6.54 Å². The normalized spacial score (nSPS) is 12.4. The van der Waals surface area contributed by atoms with Gasteiger partial charge in [-0.25, -0.2) is 8.42 Å². The first-order chi connectivity index (χ1) is 15.5. The minimum atomic E-state index is -4.19. The zero-order valence-electron chi connectivity index (χ0n) is 16.9. The maximum Gasteiger partial charge on any atom is 0.305 e. The number of nitrogens with two attached hydrogens (primary N) is 1. The number of hydrogen-bond donors (Lipinski definition) is 3. The summed E-state index contributed by atoms with van der Waals surface area (Å²) >= 11 is 12.3. The van der Waals surface area contributed by atoms with Gasteiger partial charge in [-0.1, -0.05) is 29.3 Å². The number of carboxylic acid groups (broad SMARTS) is 1. The van der Waals surface area contributed by atoms with Crippen LogP contribution in [0.15, 0.2) is 47.4 Å². The summed E-state index contributed by atoms with van der Waals surface area (Å²) in [5.41, 5.74) is 6.48. The van der Waals surface area contributed by atoms with Gasteiger partial charge in [-0.3, -0.25) is 9.59 Å². The maximum absolute atomic E-state index is 12.7. The summed E-state index contributed by atoms with van der Waals surface area (Å²) in [7, 11) is -4.19. The number of carboxylic acids is 1. The highest BCUT2D eigenvalue weighted by Crippen LogP contribution is 2.25. The minimum Gasteiger partial charge on any atom is -0.481 e. The van der Waals surface area contributed by atoms with Crippen molar-refractivity contribution in [3.05, 3.63) is 63.9 Å². The fourth-order valence-electron chi connectivity index (χ4n) is 2.82. The number of aliphatic carboxylic acids is 1. The summed E-state index contributed by atoms with van der Waals surface area (Å²) in [6.45, 7) is -0.508. The van der Waals surface area contributed by atoms with Crippen LogP contribution in [0.25, 0.3) is 0 Å². The molecule has 0 radical (unpaired) electrons. The summed E-state index contributed by atoms with van der Waals surface area (Å²) in [5, 5.41) is 21.6. The molecule has 0 saturated heterocycles. The first-order valence-corrected chi connectivity index (χ1v) is 11.6. The summed E-state index contributed by atoms with van der Waals surface area (Å²) in [6.07, 6.45) is -0.626. The number of carbonyl (C=O) groups excluding carboxylic acids is 1. The molecule has 0 aliphatic heterocycles. The second-order valence-corrected chi connectivity index (χ2v) is 9.45. The quantitative estimate of drug-likeness (QED) is 0.340. The molecule has 1 heterocycles. The van der Waals surface area contributed by atoms with Crippen LogP contribution in [0.2, 0.25) is 10.0 Å². The van der Waals surface area contributed by atoms with E-state index in [9.17, 15) is 18.0 Å². The van der Waals surface area contributed by atoms with Crippen molar-refractivity contribution in [2.75, 3.05) is 5.73 Å². The van der Waals surface area contributed by atoms with E-state index in [1.807, 2.05) is 0 Å². The van der Waals surface area contributed by atoms with Crippen LogP contribution in [-0.2, 0) is 32.6 Å². The van der Waals surface area contributed by atoms with Crippen molar-refractivity contribution in [2.24, 2.45) is 0 Å². The predicted octanol–water partition coefficient (Wildman–Crippen LogP) is 1.54. The fraction of sp³-hybridized carbons (Fsp3) is 0.211. The first-order valence-electron chi connectivity index (χ1n) is 9.37. The highest BCUT2D eigenvalue weighted by Gasteiger charge is 2.28. The smallest absolute Gasteiger partial charge is 0.305 e. The number of Topliss-reactive ketones (excluding diaryl/α,β-unsaturated/α-hetero) is 1. The SMILES string of the molecule is Nc1ccc(S(=O)(=O)NC(CC(=O)O)C(=O)Cn2nnc(Cc3c(Cl)cccc3Cl)n2)cc1. The molecule has 174 valence electrons. The summed E-state index contributed by atoms with van der Waals surface area (Å²) < 4.78 is 27.3. The Bertz CT molecular complexity index is 1260. The molecule has 2 aromatic carbocycles. The number of rotatable bonds is 10. The molecule has 4 N–H and O–H groups in total. The lowest BCUT2D eigenvalue weighted by atomic mass is 10.1. The second kappa shape index (κ2) is 10.3. The molecular weight excluding hydrogens is 495 g/mol. The van der Waals surface area contributed by atoms with E-state index in [2.05, 4.69) is 20.1 Å². The number of benzene rings is 2. The standard InChI is InChI=1S/C19H18Cl2N6O5S/c20-14-2-1-3-15(21)13(14)8-18-23-26-27(24-18)10-17(28)16(9-19(29)30)25-33(31,32)12-6-4-11(22)5-7-12/h1-7,16,25H,8-10,22H2,(H,29,30). The third kappa shape index (κ3) is 6.48. The Morgan fingerprint density at radius 2 is 1.76 bits per heavy atom. The Morgan fingerprint density at radius 3 is 2.36 bits per heavy atom. The van der Waals surface area contributed by atoms with Gasteiger partial charge >= 0.3 is 5.97 Å². The van der Waals surface area contributed by atoms with Crippen LogP contribution in [0.4, 0.5) is 5.69 Å². The van der Waals surface area contributed by atoms with Crippen LogP contribution in [-0.4, -0.2) is 51.5 Å². The van der Waals surface area contributed by atoms with E-state index in [0.717, 1.165) is 4.80 Å². The van der Waals surface area contributed by atoms with E-state index in [4.69, 9.17) is 34.0 Å². The van der Waals surface area contributed by atoms with E-state index < -0.39 is 40.8 Å². The van der Waals surface area contributed by atoms with Crippen molar-refractivity contribution < 1.29 is 23.1 Å². The zero-order valence-corrected chi connectivity index (χ0v) is 19.2. The number of anilines is 1. The third-order valence-electron chi connectivity index (χ3n) is 4.44. The molecule has 0 aliphatic carbocycles. The van der Waals surface area contributed by atoms with Crippen LogP contribution in [0.5, 0.6) is 0 Å². The summed E-state index contributed by atoms with van der Waals surface area (Å²) in [5.74, 6) is -1.92. The number of aromatic nitrogens is 4. The van der Waals surface area contributed by atoms with E-state index in [-0.39, 0.29) is 17.1 Å². The Kier molecular flexibility index (Phi) is 7.64. The number of carbonyl (C=O) groups is 2. The molecule has 11 nitrogen and oxygen atoms in total. The van der Waals surface area contributed by atoms with Crippen LogP contribution in [0.3, 0.4) is 0 Å². The topological polar surface area (TPSA) is 170 Å². The molecule has 0 spiro atoms. The van der Waals surface area contributed by atoms with Crippen molar-refractivity contribution in [3.63, 3.8) is 0 Å². The van der Waals surface area contributed by atoms with Gasteiger partial charge in [0.25, 0.3) is 0 Å². The molecule has 14 heteroatoms. The molecule has 0 aliphatic rings. The lowest BCUT2D eigenvalue weighted by Crippen LogP contribution is -2.43. The molecule has 1 unspecified atom stereocenters. The van der Waals surface area contributed by atoms with Crippen LogP contribution < -0.4 is 10.5 Å². The molecule has 1 aromatic heterocycles.